The quantitative estimate of drug-likeness (QED) is 0.773. The van der Waals surface area contributed by atoms with E-state index in [0.29, 0.717) is 0 Å². The fourth-order valence-electron chi connectivity index (χ4n) is 2.70. The molecule has 0 aliphatic heterocycles. The van der Waals surface area contributed by atoms with E-state index in [9.17, 15) is 15.0 Å². The summed E-state index contributed by atoms with van der Waals surface area (Å²) in [6, 6.07) is 8.76. The van der Waals surface area contributed by atoms with Crippen LogP contribution < -0.4 is 0 Å². The number of hydrogen-bond acceptors (Lipinski definition) is 4. The molecule has 1 rings (SSSR count). The zero-order valence-corrected chi connectivity index (χ0v) is 15.1. The summed E-state index contributed by atoms with van der Waals surface area (Å²) in [4.78, 5) is 14.5. The van der Waals surface area contributed by atoms with E-state index < -0.39 is 24.2 Å². The molecule has 0 amide bonds. The van der Waals surface area contributed by atoms with Crippen molar-refractivity contribution < 1.29 is 15.0 Å². The third kappa shape index (κ3) is 4.87. The van der Waals surface area contributed by atoms with E-state index in [1.807, 2.05) is 70.0 Å². The van der Waals surface area contributed by atoms with Crippen LogP contribution in [0.3, 0.4) is 0 Å². The van der Waals surface area contributed by atoms with Gasteiger partial charge in [-0.15, -0.1) is 0 Å². The van der Waals surface area contributed by atoms with Gasteiger partial charge < -0.3 is 10.2 Å². The molecule has 0 bridgehead atoms. The minimum atomic E-state index is -0.937. The fraction of sp³-hybridized carbons (Fsp3) is 0.632. The Hall–Kier alpha value is -1.23. The van der Waals surface area contributed by atoms with Crippen molar-refractivity contribution in [2.24, 2.45) is 11.8 Å². The lowest BCUT2D eigenvalue weighted by atomic mass is 9.84. The average molecular weight is 321 g/mol. The highest BCUT2D eigenvalue weighted by atomic mass is 16.3. The van der Waals surface area contributed by atoms with Gasteiger partial charge in [0.2, 0.25) is 0 Å². The number of nitrogens with zero attached hydrogens (tertiary/aromatic N) is 1. The van der Waals surface area contributed by atoms with Crippen LogP contribution in [0.4, 0.5) is 0 Å². The van der Waals surface area contributed by atoms with Gasteiger partial charge in [0.05, 0.1) is 18.2 Å². The van der Waals surface area contributed by atoms with Crippen molar-refractivity contribution in [2.75, 3.05) is 7.05 Å². The number of ketones is 1. The monoisotopic (exact) mass is 321 g/mol. The van der Waals surface area contributed by atoms with Gasteiger partial charge >= 0.3 is 0 Å². The highest BCUT2D eigenvalue weighted by Crippen LogP contribution is 2.28. The number of aliphatic hydroxyl groups excluding tert-OH is 2. The maximum Gasteiger partial charge on any atom is 0.155 e. The second kappa shape index (κ2) is 8.57. The maximum atomic E-state index is 12.6. The summed E-state index contributed by atoms with van der Waals surface area (Å²) in [7, 11) is 1.85. The van der Waals surface area contributed by atoms with Gasteiger partial charge in [0.25, 0.3) is 0 Å². The zero-order chi connectivity index (χ0) is 17.7. The number of rotatable bonds is 8. The number of carbonyl (C=O) groups is 1. The molecular formula is C19H31NO3. The van der Waals surface area contributed by atoms with E-state index in [-0.39, 0.29) is 17.7 Å². The van der Waals surface area contributed by atoms with Crippen molar-refractivity contribution >= 4 is 5.78 Å². The van der Waals surface area contributed by atoms with E-state index in [4.69, 9.17) is 0 Å². The number of hydrogen-bond donors (Lipinski definition) is 2. The van der Waals surface area contributed by atoms with Crippen LogP contribution in [-0.4, -0.2) is 46.1 Å². The molecule has 0 aliphatic carbocycles. The molecule has 0 fully saturated rings. The minimum Gasteiger partial charge on any atom is -0.391 e. The lowest BCUT2D eigenvalue weighted by Crippen LogP contribution is -2.53. The molecular weight excluding hydrogens is 290 g/mol. The first-order chi connectivity index (χ1) is 10.7. The molecule has 0 saturated carbocycles. The summed E-state index contributed by atoms with van der Waals surface area (Å²) in [6.07, 6.45) is -1.75. The fourth-order valence-corrected chi connectivity index (χ4v) is 2.70. The van der Waals surface area contributed by atoms with Gasteiger partial charge in [0, 0.05) is 17.9 Å². The number of benzene rings is 1. The molecule has 0 aromatic heterocycles. The standard InChI is InChI=1S/C19H31NO3/c1-12(2)17(21)16(20(6)13(3)4)19(23)14(5)18(22)15-10-8-7-9-11-15/h7-14,16,18-19,22-23H,1-6H3/t14-,16-,18?,19-/m1/s1. The minimum absolute atomic E-state index is 0.000752. The molecule has 4 atom stereocenters. The lowest BCUT2D eigenvalue weighted by Gasteiger charge is -2.38. The normalized spacial score (nSPS) is 17.3. The Morgan fingerprint density at radius 2 is 1.52 bits per heavy atom. The van der Waals surface area contributed by atoms with Crippen LogP contribution in [0, 0.1) is 11.8 Å². The van der Waals surface area contributed by atoms with Crippen LogP contribution in [0.15, 0.2) is 30.3 Å². The molecule has 1 aromatic carbocycles. The second-order valence-corrected chi connectivity index (χ2v) is 6.97. The van der Waals surface area contributed by atoms with E-state index in [1.165, 1.54) is 0 Å². The Labute approximate surface area is 140 Å². The molecule has 0 aliphatic rings. The molecule has 0 saturated heterocycles. The first-order valence-corrected chi connectivity index (χ1v) is 8.35. The van der Waals surface area contributed by atoms with Crippen LogP contribution >= 0.6 is 0 Å². The van der Waals surface area contributed by atoms with Gasteiger partial charge in [-0.05, 0) is 26.5 Å². The predicted octanol–water partition coefficient (Wildman–Crippen LogP) is 2.65. The molecule has 4 heteroatoms. The van der Waals surface area contributed by atoms with Crippen LogP contribution in [0.1, 0.15) is 46.3 Å². The molecule has 4 nitrogen and oxygen atoms in total. The summed E-state index contributed by atoms with van der Waals surface area (Å²) in [5, 5.41) is 21.4. The van der Waals surface area contributed by atoms with Crippen molar-refractivity contribution in [1.29, 1.82) is 0 Å². The third-order valence-corrected chi connectivity index (χ3v) is 4.62. The van der Waals surface area contributed by atoms with Crippen LogP contribution in [0.2, 0.25) is 0 Å². The van der Waals surface area contributed by atoms with Crippen molar-refractivity contribution in [3.05, 3.63) is 35.9 Å². The Bertz CT molecular complexity index is 487. The average Bonchev–Trinajstić information content (AvgIpc) is 2.53. The van der Waals surface area contributed by atoms with Crippen LogP contribution in [-0.2, 0) is 4.79 Å². The number of Topliss-reactive ketones (excluding diaryl/α,β-unsaturated/α-hetero) is 1. The first kappa shape index (κ1) is 19.8. The molecule has 0 spiro atoms. The molecule has 0 heterocycles. The molecule has 2 N–H and O–H groups in total. The SMILES string of the molecule is CC(C)C(=O)[C@H]([C@H](O)[C@H](C)C(O)c1ccccc1)N(C)C(C)C. The van der Waals surface area contributed by atoms with Crippen molar-refractivity contribution in [2.45, 2.75) is 58.9 Å². The summed E-state index contributed by atoms with van der Waals surface area (Å²) >= 11 is 0. The number of likely N-dealkylation sites (N-methyl/N-ethyl adjacent to an activating group) is 1. The van der Waals surface area contributed by atoms with Gasteiger partial charge in [-0.2, -0.15) is 0 Å². The number of aliphatic hydroxyl groups is 2. The summed E-state index contributed by atoms with van der Waals surface area (Å²) < 4.78 is 0. The second-order valence-electron chi connectivity index (χ2n) is 6.97. The predicted molar refractivity (Wildman–Crippen MR) is 93.1 cm³/mol. The van der Waals surface area contributed by atoms with Crippen molar-refractivity contribution in [1.82, 2.24) is 4.90 Å². The van der Waals surface area contributed by atoms with Crippen LogP contribution in [0.25, 0.3) is 0 Å². The third-order valence-electron chi connectivity index (χ3n) is 4.62. The molecule has 130 valence electrons. The Morgan fingerprint density at radius 1 is 1.00 bits per heavy atom. The maximum absolute atomic E-state index is 12.6. The highest BCUT2D eigenvalue weighted by molar-refractivity contribution is 5.86. The zero-order valence-electron chi connectivity index (χ0n) is 15.1. The molecule has 1 aromatic rings. The number of carbonyl (C=O) groups excluding carboxylic acids is 1. The van der Waals surface area contributed by atoms with E-state index >= 15 is 0 Å². The smallest absolute Gasteiger partial charge is 0.155 e. The first-order valence-electron chi connectivity index (χ1n) is 8.35. The van der Waals surface area contributed by atoms with Gasteiger partial charge in [-0.3, -0.25) is 9.69 Å². The Kier molecular flexibility index (Phi) is 7.39. The van der Waals surface area contributed by atoms with Crippen molar-refractivity contribution in [3.8, 4) is 0 Å². The summed E-state index contributed by atoms with van der Waals surface area (Å²) in [5.41, 5.74) is 0.752. The lowest BCUT2D eigenvalue weighted by molar-refractivity contribution is -0.135. The highest BCUT2D eigenvalue weighted by Gasteiger charge is 2.38. The summed E-state index contributed by atoms with van der Waals surface area (Å²) in [6.45, 7) is 9.46. The van der Waals surface area contributed by atoms with Gasteiger partial charge in [0.1, 0.15) is 0 Å². The van der Waals surface area contributed by atoms with Crippen molar-refractivity contribution in [3.63, 3.8) is 0 Å². The van der Waals surface area contributed by atoms with Gasteiger partial charge in [0.15, 0.2) is 5.78 Å². The topological polar surface area (TPSA) is 60.8 Å². The molecule has 23 heavy (non-hydrogen) atoms. The molecule has 0 radical (unpaired) electrons. The van der Waals surface area contributed by atoms with Gasteiger partial charge in [-0.25, -0.2) is 0 Å². The Balaban J connectivity index is 3.03. The van der Waals surface area contributed by atoms with E-state index in [1.54, 1.807) is 6.92 Å². The summed E-state index contributed by atoms with van der Waals surface area (Å²) in [5.74, 6) is -0.621. The molecule has 1 unspecified atom stereocenters. The Morgan fingerprint density at radius 3 is 1.96 bits per heavy atom. The largest absolute Gasteiger partial charge is 0.391 e. The van der Waals surface area contributed by atoms with Crippen LogP contribution in [0.5, 0.6) is 0 Å². The van der Waals surface area contributed by atoms with E-state index in [0.717, 1.165) is 5.56 Å². The van der Waals surface area contributed by atoms with Gasteiger partial charge in [-0.1, -0.05) is 51.1 Å². The van der Waals surface area contributed by atoms with E-state index in [2.05, 4.69) is 0 Å².